The minimum atomic E-state index is -1.05. The summed E-state index contributed by atoms with van der Waals surface area (Å²) in [5.74, 6) is -0.560. The van der Waals surface area contributed by atoms with Crippen LogP contribution in [-0.2, 0) is 11.2 Å². The van der Waals surface area contributed by atoms with Gasteiger partial charge in [-0.1, -0.05) is 24.8 Å². The minimum absolute atomic E-state index is 0.00427. The average Bonchev–Trinajstić information content (AvgIpc) is 3.47. The Bertz CT molecular complexity index is 1670. The molecule has 3 aromatic rings. The number of hydrogen-bond donors (Lipinski definition) is 0. The fraction of sp³-hybridized carbons (Fsp3) is 0.455. The summed E-state index contributed by atoms with van der Waals surface area (Å²) in [5, 5.41) is 0.527. The van der Waals surface area contributed by atoms with Crippen LogP contribution in [0.5, 0.6) is 6.01 Å². The zero-order valence-corrected chi connectivity index (χ0v) is 24.2. The third kappa shape index (κ3) is 4.99. The summed E-state index contributed by atoms with van der Waals surface area (Å²) in [6.07, 6.45) is 4.35. The van der Waals surface area contributed by atoms with Gasteiger partial charge in [0.15, 0.2) is 5.83 Å². The quantitative estimate of drug-likeness (QED) is 0.288. The van der Waals surface area contributed by atoms with Crippen molar-refractivity contribution >= 4 is 22.6 Å². The van der Waals surface area contributed by atoms with Crippen molar-refractivity contribution in [2.75, 3.05) is 51.3 Å². The molecule has 3 heterocycles. The SMILES string of the molecule is [C-]#[N+]C[C@H]1CN(c2nc(OC[C@@H]3CCCN3C)nc3cc(-c4cccc5c4[C@@H]4C[C@@H]4C5)c(F)cc23)CCN1C(=O)C(=C)F. The predicted octanol–water partition coefficient (Wildman–Crippen LogP) is 4.99. The maximum atomic E-state index is 16.1. The van der Waals surface area contributed by atoms with Crippen LogP contribution in [0.2, 0.25) is 0 Å². The number of rotatable bonds is 7. The maximum Gasteiger partial charge on any atom is 0.319 e. The number of carbonyl (C=O) groups is 1. The van der Waals surface area contributed by atoms with E-state index in [0.717, 1.165) is 37.8 Å². The first-order valence-corrected chi connectivity index (χ1v) is 15.0. The van der Waals surface area contributed by atoms with E-state index in [9.17, 15) is 9.18 Å². The van der Waals surface area contributed by atoms with E-state index in [1.165, 1.54) is 22.1 Å². The van der Waals surface area contributed by atoms with Gasteiger partial charge in [-0.25, -0.2) is 15.4 Å². The summed E-state index contributed by atoms with van der Waals surface area (Å²) < 4.78 is 36.0. The largest absolute Gasteiger partial charge is 0.462 e. The number of likely N-dealkylation sites (tertiary alicyclic amines) is 1. The molecule has 4 atom stereocenters. The number of carbonyl (C=O) groups excluding carboxylic acids is 1. The molecular weight excluding hydrogens is 550 g/mol. The lowest BCUT2D eigenvalue weighted by Crippen LogP contribution is -2.56. The number of anilines is 1. The van der Waals surface area contributed by atoms with Crippen LogP contribution in [0.1, 0.15) is 36.3 Å². The number of fused-ring (bicyclic) bond motifs is 4. The Labute approximate surface area is 249 Å². The van der Waals surface area contributed by atoms with E-state index in [-0.39, 0.29) is 37.5 Å². The van der Waals surface area contributed by atoms with Crippen molar-refractivity contribution in [2.45, 2.75) is 43.7 Å². The monoisotopic (exact) mass is 584 g/mol. The van der Waals surface area contributed by atoms with E-state index in [0.29, 0.717) is 47.3 Å². The van der Waals surface area contributed by atoms with E-state index in [2.05, 4.69) is 29.4 Å². The van der Waals surface area contributed by atoms with E-state index in [4.69, 9.17) is 21.3 Å². The van der Waals surface area contributed by atoms with Crippen molar-refractivity contribution in [2.24, 2.45) is 5.92 Å². The van der Waals surface area contributed by atoms with E-state index >= 15 is 4.39 Å². The number of ether oxygens (including phenoxy) is 1. The Morgan fingerprint density at radius 1 is 1.19 bits per heavy atom. The molecule has 0 bridgehead atoms. The number of nitrogens with zero attached hydrogens (tertiary/aromatic N) is 6. The smallest absolute Gasteiger partial charge is 0.319 e. The lowest BCUT2D eigenvalue weighted by atomic mass is 9.93. The molecule has 10 heteroatoms. The molecular formula is C33H34F2N6O2. The van der Waals surface area contributed by atoms with Gasteiger partial charge in [-0.3, -0.25) is 4.79 Å². The van der Waals surface area contributed by atoms with Gasteiger partial charge in [-0.05, 0) is 79.9 Å². The molecule has 2 aliphatic heterocycles. The fourth-order valence-corrected chi connectivity index (χ4v) is 7.29. The molecule has 43 heavy (non-hydrogen) atoms. The summed E-state index contributed by atoms with van der Waals surface area (Å²) >= 11 is 0. The third-order valence-electron chi connectivity index (χ3n) is 9.66. The molecule has 1 saturated carbocycles. The second-order valence-electron chi connectivity index (χ2n) is 12.3. The Balaban J connectivity index is 1.29. The molecule has 3 fully saturated rings. The van der Waals surface area contributed by atoms with Gasteiger partial charge in [-0.2, -0.15) is 9.97 Å². The second kappa shape index (κ2) is 10.9. The standard InChI is InChI=1S/C33H34F2N6O2/c1-19(34)32(42)41-11-10-40(17-23(41)16-36-2)31-27-14-28(35)26(24-8-4-6-20-12-21-13-25(21)30(20)24)15-29(27)37-33(38-31)43-18-22-7-5-9-39(22)3/h4,6,8,14-15,21-23,25H,1,5,7,9-13,16-18H2,3H3/t21-,22-,23-,25+/m0/s1. The molecule has 1 amide bonds. The number of halogens is 2. The van der Waals surface area contributed by atoms with E-state index < -0.39 is 17.8 Å². The van der Waals surface area contributed by atoms with Gasteiger partial charge in [0.25, 0.3) is 5.91 Å². The Kier molecular flexibility index (Phi) is 7.01. The van der Waals surface area contributed by atoms with Crippen LogP contribution in [-0.4, -0.2) is 84.1 Å². The van der Waals surface area contributed by atoms with Crippen LogP contribution < -0.4 is 9.64 Å². The van der Waals surface area contributed by atoms with Gasteiger partial charge in [-0.15, -0.1) is 0 Å². The van der Waals surface area contributed by atoms with Crippen LogP contribution in [0, 0.1) is 18.3 Å². The molecule has 0 radical (unpaired) electrons. The zero-order valence-electron chi connectivity index (χ0n) is 24.2. The zero-order chi connectivity index (χ0) is 29.8. The molecule has 1 aromatic heterocycles. The van der Waals surface area contributed by atoms with Crippen molar-refractivity contribution in [1.29, 1.82) is 0 Å². The molecule has 0 unspecified atom stereocenters. The number of amides is 1. The lowest BCUT2D eigenvalue weighted by Gasteiger charge is -2.39. The minimum Gasteiger partial charge on any atom is -0.462 e. The van der Waals surface area contributed by atoms with Crippen LogP contribution in [0.25, 0.3) is 26.9 Å². The molecule has 2 saturated heterocycles. The maximum absolute atomic E-state index is 16.1. The lowest BCUT2D eigenvalue weighted by molar-refractivity contribution is -0.131. The molecule has 7 rings (SSSR count). The first-order valence-electron chi connectivity index (χ1n) is 15.0. The highest BCUT2D eigenvalue weighted by atomic mass is 19.1. The van der Waals surface area contributed by atoms with Gasteiger partial charge in [0, 0.05) is 36.6 Å². The van der Waals surface area contributed by atoms with Gasteiger partial charge in [0.05, 0.1) is 5.52 Å². The molecule has 4 aliphatic rings. The van der Waals surface area contributed by atoms with Crippen molar-refractivity contribution < 1.29 is 18.3 Å². The Hall–Kier alpha value is -4.10. The van der Waals surface area contributed by atoms with Gasteiger partial charge >= 0.3 is 6.01 Å². The Morgan fingerprint density at radius 2 is 2.05 bits per heavy atom. The van der Waals surface area contributed by atoms with Crippen molar-refractivity contribution in [1.82, 2.24) is 19.8 Å². The Morgan fingerprint density at radius 3 is 2.81 bits per heavy atom. The van der Waals surface area contributed by atoms with Crippen LogP contribution in [0.4, 0.5) is 14.6 Å². The number of piperazine rings is 1. The van der Waals surface area contributed by atoms with Crippen LogP contribution in [0.3, 0.4) is 0 Å². The van der Waals surface area contributed by atoms with Crippen molar-refractivity contribution in [3.63, 3.8) is 0 Å². The van der Waals surface area contributed by atoms with E-state index in [1.54, 1.807) is 6.07 Å². The summed E-state index contributed by atoms with van der Waals surface area (Å²) in [7, 11) is 2.08. The normalized spacial score (nSPS) is 24.5. The first kappa shape index (κ1) is 27.7. The number of likely N-dealkylation sites (N-methyl/N-ethyl adjacent to an activating group) is 1. The molecule has 0 spiro atoms. The van der Waals surface area contributed by atoms with Crippen molar-refractivity contribution in [3.05, 3.63) is 71.1 Å². The number of aromatic nitrogens is 2. The van der Waals surface area contributed by atoms with Gasteiger partial charge < -0.3 is 24.3 Å². The van der Waals surface area contributed by atoms with Crippen molar-refractivity contribution in [3.8, 4) is 17.1 Å². The van der Waals surface area contributed by atoms with Crippen LogP contribution in [0.15, 0.2) is 42.7 Å². The van der Waals surface area contributed by atoms with Gasteiger partial charge in [0.1, 0.15) is 24.3 Å². The summed E-state index contributed by atoms with van der Waals surface area (Å²) in [6, 6.07) is 9.36. The fourth-order valence-electron chi connectivity index (χ4n) is 7.29. The topological polar surface area (TPSA) is 66.2 Å². The average molecular weight is 585 g/mol. The van der Waals surface area contributed by atoms with Crippen LogP contribution >= 0.6 is 0 Å². The molecule has 2 aliphatic carbocycles. The first-order chi connectivity index (χ1) is 20.8. The highest BCUT2D eigenvalue weighted by Crippen LogP contribution is 2.58. The highest BCUT2D eigenvalue weighted by molar-refractivity contribution is 5.94. The van der Waals surface area contributed by atoms with E-state index in [1.807, 2.05) is 17.0 Å². The molecule has 222 valence electrons. The second-order valence-corrected chi connectivity index (χ2v) is 12.3. The summed E-state index contributed by atoms with van der Waals surface area (Å²) in [5.41, 5.74) is 4.58. The molecule has 8 nitrogen and oxygen atoms in total. The third-order valence-corrected chi connectivity index (χ3v) is 9.66. The molecule has 0 N–H and O–H groups in total. The number of hydrogen-bond acceptors (Lipinski definition) is 6. The molecule has 2 aromatic carbocycles. The highest BCUT2D eigenvalue weighted by Gasteiger charge is 2.46. The predicted molar refractivity (Wildman–Crippen MR) is 160 cm³/mol. The van der Waals surface area contributed by atoms with Gasteiger partial charge in [0.2, 0.25) is 6.54 Å². The summed E-state index contributed by atoms with van der Waals surface area (Å²) in [4.78, 5) is 31.1. The summed E-state index contributed by atoms with van der Waals surface area (Å²) in [6.45, 7) is 12.8. The number of benzene rings is 2.